The number of nitrogens with one attached hydrogen (secondary N) is 1. The molecule has 1 amide bonds. The number of anilines is 1. The zero-order valence-electron chi connectivity index (χ0n) is 11.9. The third kappa shape index (κ3) is 2.52. The Bertz CT molecular complexity index is 819. The van der Waals surface area contributed by atoms with Gasteiger partial charge in [-0.15, -0.1) is 0 Å². The summed E-state index contributed by atoms with van der Waals surface area (Å²) in [6.45, 7) is 2.01. The summed E-state index contributed by atoms with van der Waals surface area (Å²) in [6, 6.07) is 15.2. The molecule has 0 radical (unpaired) electrons. The summed E-state index contributed by atoms with van der Waals surface area (Å²) in [5, 5.41) is 4.44. The van der Waals surface area contributed by atoms with Crippen LogP contribution < -0.4 is 5.32 Å². The molecular weight excluding hydrogens is 284 g/mol. The van der Waals surface area contributed by atoms with E-state index in [1.807, 2.05) is 67.1 Å². The van der Waals surface area contributed by atoms with Crippen molar-refractivity contribution in [3.05, 3.63) is 64.8 Å². The molecule has 1 heterocycles. The maximum Gasteiger partial charge on any atom is 0.272 e. The normalized spacial score (nSPS) is 10.8. The van der Waals surface area contributed by atoms with E-state index in [1.165, 1.54) is 0 Å². The first-order valence-corrected chi connectivity index (χ1v) is 7.06. The molecule has 0 spiro atoms. The quantitative estimate of drug-likeness (QED) is 0.748. The number of amides is 1. The van der Waals surface area contributed by atoms with Gasteiger partial charge in [-0.05, 0) is 37.3 Å². The van der Waals surface area contributed by atoms with Crippen molar-refractivity contribution in [3.8, 4) is 0 Å². The third-order valence-corrected chi connectivity index (χ3v) is 3.91. The molecule has 21 heavy (non-hydrogen) atoms. The summed E-state index contributed by atoms with van der Waals surface area (Å²) < 4.78 is 1.85. The van der Waals surface area contributed by atoms with E-state index < -0.39 is 0 Å². The van der Waals surface area contributed by atoms with Crippen LogP contribution in [0.3, 0.4) is 0 Å². The second-order valence-corrected chi connectivity index (χ2v) is 5.49. The minimum absolute atomic E-state index is 0.145. The molecule has 3 rings (SSSR count). The Morgan fingerprint density at radius 1 is 1.14 bits per heavy atom. The summed E-state index contributed by atoms with van der Waals surface area (Å²) in [6.07, 6.45) is 0. The van der Waals surface area contributed by atoms with Crippen molar-refractivity contribution in [3.63, 3.8) is 0 Å². The lowest BCUT2D eigenvalue weighted by molar-refractivity contribution is 0.102. The number of carbonyl (C=O) groups excluding carboxylic acids is 1. The van der Waals surface area contributed by atoms with Gasteiger partial charge in [0, 0.05) is 28.7 Å². The van der Waals surface area contributed by atoms with Crippen LogP contribution in [0.25, 0.3) is 10.9 Å². The molecule has 3 nitrogen and oxygen atoms in total. The monoisotopic (exact) mass is 298 g/mol. The summed E-state index contributed by atoms with van der Waals surface area (Å²) in [5.41, 5.74) is 3.46. The van der Waals surface area contributed by atoms with E-state index in [9.17, 15) is 4.79 Å². The largest absolute Gasteiger partial charge is 0.340 e. The fraction of sp³-hybridized carbons (Fsp3) is 0.118. The SMILES string of the molecule is Cc1ccc(NC(=O)c2cc3c(Cl)cccc3n2C)cc1. The second kappa shape index (κ2) is 5.26. The van der Waals surface area contributed by atoms with Crippen molar-refractivity contribution in [1.29, 1.82) is 0 Å². The zero-order valence-corrected chi connectivity index (χ0v) is 12.6. The molecule has 0 bridgehead atoms. The number of nitrogens with zero attached hydrogens (tertiary/aromatic N) is 1. The molecule has 1 N–H and O–H groups in total. The molecule has 0 atom stereocenters. The highest BCUT2D eigenvalue weighted by molar-refractivity contribution is 6.35. The number of hydrogen-bond acceptors (Lipinski definition) is 1. The van der Waals surface area contributed by atoms with Gasteiger partial charge in [0.2, 0.25) is 0 Å². The van der Waals surface area contributed by atoms with E-state index in [4.69, 9.17) is 11.6 Å². The Labute approximate surface area is 128 Å². The average Bonchev–Trinajstić information content (AvgIpc) is 2.81. The molecule has 0 saturated carbocycles. The van der Waals surface area contributed by atoms with E-state index >= 15 is 0 Å². The average molecular weight is 299 g/mol. The van der Waals surface area contributed by atoms with E-state index in [-0.39, 0.29) is 5.91 Å². The van der Waals surface area contributed by atoms with Crippen LogP contribution in [0.1, 0.15) is 16.1 Å². The minimum Gasteiger partial charge on any atom is -0.340 e. The summed E-state index contributed by atoms with van der Waals surface area (Å²) >= 11 is 6.18. The molecule has 0 aliphatic rings. The lowest BCUT2D eigenvalue weighted by Gasteiger charge is -2.06. The molecule has 106 valence electrons. The number of hydrogen-bond donors (Lipinski definition) is 1. The standard InChI is InChI=1S/C17H15ClN2O/c1-11-6-8-12(9-7-11)19-17(21)16-10-13-14(18)4-3-5-15(13)20(16)2/h3-10H,1-2H3,(H,19,21). The maximum absolute atomic E-state index is 12.4. The van der Waals surface area contributed by atoms with E-state index in [2.05, 4.69) is 5.32 Å². The predicted octanol–water partition coefficient (Wildman–Crippen LogP) is 4.39. The Hall–Kier alpha value is -2.26. The number of fused-ring (bicyclic) bond motifs is 1. The van der Waals surface area contributed by atoms with Crippen LogP contribution in [0, 0.1) is 6.92 Å². The molecular formula is C17H15ClN2O. The molecule has 2 aromatic carbocycles. The van der Waals surface area contributed by atoms with Crippen molar-refractivity contribution in [2.75, 3.05) is 5.32 Å². The fourth-order valence-corrected chi connectivity index (χ4v) is 2.60. The smallest absolute Gasteiger partial charge is 0.272 e. The molecule has 0 unspecified atom stereocenters. The van der Waals surface area contributed by atoms with E-state index in [0.717, 1.165) is 22.2 Å². The third-order valence-electron chi connectivity index (χ3n) is 3.58. The number of rotatable bonds is 2. The van der Waals surface area contributed by atoms with Gasteiger partial charge in [-0.25, -0.2) is 0 Å². The highest BCUT2D eigenvalue weighted by Gasteiger charge is 2.14. The topological polar surface area (TPSA) is 34.0 Å². The van der Waals surface area contributed by atoms with Gasteiger partial charge in [-0.1, -0.05) is 35.4 Å². The number of benzene rings is 2. The summed E-state index contributed by atoms with van der Waals surface area (Å²) in [4.78, 5) is 12.4. The van der Waals surface area contributed by atoms with Gasteiger partial charge in [-0.2, -0.15) is 0 Å². The van der Waals surface area contributed by atoms with Crippen LogP contribution in [0.2, 0.25) is 5.02 Å². The van der Waals surface area contributed by atoms with Crippen LogP contribution in [0.4, 0.5) is 5.69 Å². The van der Waals surface area contributed by atoms with E-state index in [0.29, 0.717) is 10.7 Å². The lowest BCUT2D eigenvalue weighted by Crippen LogP contribution is -2.15. The molecule has 1 aromatic heterocycles. The predicted molar refractivity (Wildman–Crippen MR) is 87.1 cm³/mol. The molecule has 3 aromatic rings. The molecule has 4 heteroatoms. The summed E-state index contributed by atoms with van der Waals surface area (Å²) in [5.74, 6) is -0.145. The van der Waals surface area contributed by atoms with Gasteiger partial charge < -0.3 is 9.88 Å². The number of aromatic nitrogens is 1. The zero-order chi connectivity index (χ0) is 15.0. The van der Waals surface area contributed by atoms with Crippen LogP contribution in [-0.4, -0.2) is 10.5 Å². The van der Waals surface area contributed by atoms with Crippen molar-refractivity contribution < 1.29 is 4.79 Å². The molecule has 0 fully saturated rings. The lowest BCUT2D eigenvalue weighted by atomic mass is 10.2. The Kier molecular flexibility index (Phi) is 3.43. The molecule has 0 aliphatic heterocycles. The second-order valence-electron chi connectivity index (χ2n) is 5.08. The van der Waals surface area contributed by atoms with Crippen LogP contribution in [-0.2, 0) is 7.05 Å². The van der Waals surface area contributed by atoms with Gasteiger partial charge in [0.1, 0.15) is 5.69 Å². The molecule has 0 aliphatic carbocycles. The number of carbonyl (C=O) groups is 1. The van der Waals surface area contributed by atoms with Crippen molar-refractivity contribution in [1.82, 2.24) is 4.57 Å². The highest BCUT2D eigenvalue weighted by Crippen LogP contribution is 2.26. The number of aryl methyl sites for hydroxylation is 2. The minimum atomic E-state index is -0.145. The fourth-order valence-electron chi connectivity index (χ4n) is 2.37. The maximum atomic E-state index is 12.4. The van der Waals surface area contributed by atoms with Gasteiger partial charge in [0.15, 0.2) is 0 Å². The Morgan fingerprint density at radius 2 is 1.86 bits per heavy atom. The van der Waals surface area contributed by atoms with Gasteiger partial charge >= 0.3 is 0 Å². The van der Waals surface area contributed by atoms with Gasteiger partial charge in [0.25, 0.3) is 5.91 Å². The summed E-state index contributed by atoms with van der Waals surface area (Å²) in [7, 11) is 1.86. The first-order chi connectivity index (χ1) is 10.1. The van der Waals surface area contributed by atoms with Crippen molar-refractivity contribution in [2.24, 2.45) is 7.05 Å². The van der Waals surface area contributed by atoms with E-state index in [1.54, 1.807) is 0 Å². The van der Waals surface area contributed by atoms with Crippen molar-refractivity contribution in [2.45, 2.75) is 6.92 Å². The van der Waals surface area contributed by atoms with Crippen molar-refractivity contribution >= 4 is 34.1 Å². The first kappa shape index (κ1) is 13.7. The Morgan fingerprint density at radius 3 is 2.52 bits per heavy atom. The van der Waals surface area contributed by atoms with Gasteiger partial charge in [0.05, 0.1) is 0 Å². The Balaban J connectivity index is 1.96. The van der Waals surface area contributed by atoms with Gasteiger partial charge in [-0.3, -0.25) is 4.79 Å². The first-order valence-electron chi connectivity index (χ1n) is 6.68. The highest BCUT2D eigenvalue weighted by atomic mass is 35.5. The van der Waals surface area contributed by atoms with Crippen LogP contribution >= 0.6 is 11.6 Å². The number of halogens is 1. The van der Waals surface area contributed by atoms with Crippen LogP contribution in [0.5, 0.6) is 0 Å². The molecule has 0 saturated heterocycles. The van der Waals surface area contributed by atoms with Crippen LogP contribution in [0.15, 0.2) is 48.5 Å².